The Morgan fingerprint density at radius 2 is 1.95 bits per heavy atom. The maximum Gasteiger partial charge on any atom is 0.141 e. The van der Waals surface area contributed by atoms with Crippen molar-refractivity contribution >= 4 is 11.3 Å². The van der Waals surface area contributed by atoms with Crippen LogP contribution in [0.1, 0.15) is 5.56 Å². The average molecular weight is 290 g/mol. The summed E-state index contributed by atoms with van der Waals surface area (Å²) in [7, 11) is 0. The van der Waals surface area contributed by atoms with Gasteiger partial charge in [-0.15, -0.1) is 0 Å². The molecule has 2 N–H and O–H groups in total. The molecule has 1 aromatic carbocycles. The Hall–Kier alpha value is -3.15. The second-order valence-electron chi connectivity index (χ2n) is 5.14. The molecule has 0 aliphatic heterocycles. The van der Waals surface area contributed by atoms with Crippen molar-refractivity contribution in [2.45, 2.75) is 6.92 Å². The molecule has 0 spiro atoms. The summed E-state index contributed by atoms with van der Waals surface area (Å²) in [6.45, 7) is 2.06. The van der Waals surface area contributed by atoms with Crippen LogP contribution in [0.5, 0.6) is 0 Å². The molecule has 6 heteroatoms. The Balaban J connectivity index is 1.90. The zero-order valence-corrected chi connectivity index (χ0v) is 12.0. The predicted octanol–water partition coefficient (Wildman–Crippen LogP) is 2.47. The summed E-state index contributed by atoms with van der Waals surface area (Å²) in [6, 6.07) is 7.87. The zero-order chi connectivity index (χ0) is 15.1. The first-order chi connectivity index (χ1) is 10.7. The van der Waals surface area contributed by atoms with Gasteiger partial charge in [-0.1, -0.05) is 6.07 Å². The van der Waals surface area contributed by atoms with E-state index in [0.29, 0.717) is 0 Å². The lowest BCUT2D eigenvalue weighted by Gasteiger charge is -2.08. The smallest absolute Gasteiger partial charge is 0.141 e. The van der Waals surface area contributed by atoms with E-state index < -0.39 is 0 Å². The van der Waals surface area contributed by atoms with E-state index in [4.69, 9.17) is 5.73 Å². The highest BCUT2D eigenvalue weighted by Crippen LogP contribution is 2.23. The van der Waals surface area contributed by atoms with Crippen molar-refractivity contribution in [1.29, 1.82) is 0 Å². The molecule has 108 valence electrons. The van der Waals surface area contributed by atoms with Crippen LogP contribution in [-0.2, 0) is 0 Å². The summed E-state index contributed by atoms with van der Waals surface area (Å²) in [5.41, 5.74) is 11.3. The van der Waals surface area contributed by atoms with Gasteiger partial charge in [0.25, 0.3) is 0 Å². The van der Waals surface area contributed by atoms with Gasteiger partial charge in [0.1, 0.15) is 17.0 Å². The molecule has 4 rings (SSSR count). The minimum Gasteiger partial charge on any atom is -0.399 e. The van der Waals surface area contributed by atoms with Crippen LogP contribution in [-0.4, -0.2) is 24.1 Å². The third-order valence-electron chi connectivity index (χ3n) is 3.64. The molecule has 0 saturated heterocycles. The van der Waals surface area contributed by atoms with Crippen LogP contribution in [0.3, 0.4) is 0 Å². The first-order valence-corrected chi connectivity index (χ1v) is 6.92. The zero-order valence-electron chi connectivity index (χ0n) is 12.0. The van der Waals surface area contributed by atoms with Gasteiger partial charge in [-0.25, -0.2) is 4.52 Å². The summed E-state index contributed by atoms with van der Waals surface area (Å²) < 4.78 is 3.89. The predicted molar refractivity (Wildman–Crippen MR) is 84.7 cm³/mol. The Kier molecular flexibility index (Phi) is 2.69. The third-order valence-corrected chi connectivity index (χ3v) is 3.64. The molecule has 0 saturated carbocycles. The van der Waals surface area contributed by atoms with Crippen LogP contribution < -0.4 is 5.73 Å². The van der Waals surface area contributed by atoms with E-state index in [1.807, 2.05) is 41.2 Å². The number of rotatable bonds is 2. The number of nitrogens with zero attached hydrogens (tertiary/aromatic N) is 5. The molecule has 6 nitrogen and oxygen atoms in total. The second-order valence-corrected chi connectivity index (χ2v) is 5.14. The number of aromatic nitrogens is 5. The van der Waals surface area contributed by atoms with E-state index in [1.54, 1.807) is 18.6 Å². The first kappa shape index (κ1) is 12.6. The topological polar surface area (TPSA) is 74.0 Å². The molecule has 3 aromatic heterocycles. The number of anilines is 1. The molecule has 3 heterocycles. The maximum absolute atomic E-state index is 5.92. The lowest BCUT2D eigenvalue weighted by atomic mass is 10.2. The van der Waals surface area contributed by atoms with Crippen molar-refractivity contribution in [2.75, 3.05) is 5.73 Å². The molecule has 22 heavy (non-hydrogen) atoms. The van der Waals surface area contributed by atoms with Crippen molar-refractivity contribution in [1.82, 2.24) is 24.1 Å². The normalized spacial score (nSPS) is 11.1. The van der Waals surface area contributed by atoms with E-state index >= 15 is 0 Å². The van der Waals surface area contributed by atoms with Gasteiger partial charge in [-0.05, 0) is 24.6 Å². The molecule has 0 bridgehead atoms. The van der Waals surface area contributed by atoms with E-state index in [1.165, 1.54) is 0 Å². The number of hydrogen-bond acceptors (Lipinski definition) is 4. The summed E-state index contributed by atoms with van der Waals surface area (Å²) in [5.74, 6) is 0. The molecular formula is C16H14N6. The Morgan fingerprint density at radius 1 is 1.05 bits per heavy atom. The van der Waals surface area contributed by atoms with Crippen LogP contribution in [0, 0.1) is 6.92 Å². The molecule has 0 atom stereocenters. The van der Waals surface area contributed by atoms with Gasteiger partial charge in [-0.3, -0.25) is 14.5 Å². The van der Waals surface area contributed by atoms with E-state index in [0.717, 1.165) is 34.0 Å². The van der Waals surface area contributed by atoms with Crippen molar-refractivity contribution < 1.29 is 0 Å². The number of benzene rings is 1. The summed E-state index contributed by atoms with van der Waals surface area (Å²) >= 11 is 0. The quantitative estimate of drug-likeness (QED) is 0.575. The highest BCUT2D eigenvalue weighted by Gasteiger charge is 2.11. The van der Waals surface area contributed by atoms with Gasteiger partial charge in [-0.2, -0.15) is 5.10 Å². The minimum atomic E-state index is 0.737. The Bertz CT molecular complexity index is 951. The monoisotopic (exact) mass is 290 g/mol. The molecule has 0 fully saturated rings. The van der Waals surface area contributed by atoms with E-state index in [2.05, 4.69) is 26.6 Å². The van der Waals surface area contributed by atoms with Gasteiger partial charge < -0.3 is 5.73 Å². The summed E-state index contributed by atoms with van der Waals surface area (Å²) in [5, 5.41) is 4.54. The van der Waals surface area contributed by atoms with E-state index in [-0.39, 0.29) is 0 Å². The molecule has 0 radical (unpaired) electrons. The second kappa shape index (κ2) is 4.70. The van der Waals surface area contributed by atoms with E-state index in [9.17, 15) is 0 Å². The fourth-order valence-corrected chi connectivity index (χ4v) is 2.53. The van der Waals surface area contributed by atoms with Crippen molar-refractivity contribution in [3.8, 4) is 17.1 Å². The molecule has 0 unspecified atom stereocenters. The number of nitrogen functional groups attached to an aromatic ring is 1. The number of hydrogen-bond donors (Lipinski definition) is 1. The van der Waals surface area contributed by atoms with Crippen molar-refractivity contribution in [3.05, 3.63) is 60.8 Å². The van der Waals surface area contributed by atoms with Gasteiger partial charge in [0.2, 0.25) is 0 Å². The molecule has 0 amide bonds. The molecule has 0 aliphatic rings. The fraction of sp³-hybridized carbons (Fsp3) is 0.0625. The summed E-state index contributed by atoms with van der Waals surface area (Å²) in [4.78, 5) is 8.38. The Morgan fingerprint density at radius 3 is 2.77 bits per heavy atom. The van der Waals surface area contributed by atoms with Crippen LogP contribution in [0.2, 0.25) is 0 Å². The average Bonchev–Trinajstić information content (AvgIpc) is 3.11. The number of fused-ring (bicyclic) bond motifs is 1. The highest BCUT2D eigenvalue weighted by molar-refractivity contribution is 5.64. The lowest BCUT2D eigenvalue weighted by Crippen LogP contribution is -1.97. The molecule has 4 aromatic rings. The van der Waals surface area contributed by atoms with Gasteiger partial charge in [0, 0.05) is 36.5 Å². The van der Waals surface area contributed by atoms with Crippen molar-refractivity contribution in [3.63, 3.8) is 0 Å². The fourth-order valence-electron chi connectivity index (χ4n) is 2.53. The number of imidazole rings is 1. The largest absolute Gasteiger partial charge is 0.399 e. The highest BCUT2D eigenvalue weighted by atomic mass is 15.3. The van der Waals surface area contributed by atoms with Gasteiger partial charge >= 0.3 is 0 Å². The van der Waals surface area contributed by atoms with Crippen LogP contribution in [0.15, 0.2) is 55.2 Å². The van der Waals surface area contributed by atoms with Gasteiger partial charge in [0.15, 0.2) is 0 Å². The number of nitrogens with two attached hydrogens (primary N) is 1. The summed E-state index contributed by atoms with van der Waals surface area (Å²) in [6.07, 6.45) is 8.91. The molecular weight excluding hydrogens is 276 g/mol. The van der Waals surface area contributed by atoms with Gasteiger partial charge in [0.05, 0.1) is 11.9 Å². The van der Waals surface area contributed by atoms with Crippen LogP contribution >= 0.6 is 0 Å². The maximum atomic E-state index is 5.92. The van der Waals surface area contributed by atoms with Crippen LogP contribution in [0.25, 0.3) is 22.7 Å². The Labute approximate surface area is 126 Å². The van der Waals surface area contributed by atoms with Crippen molar-refractivity contribution in [2.24, 2.45) is 0 Å². The first-order valence-electron chi connectivity index (χ1n) is 6.92. The standard InChI is InChI=1S/C16H14N6/c1-11-2-3-12(17)8-15(11)21-6-7-22-16(21)9-13(20-22)14-10-18-4-5-19-14/h2-10H,17H2,1H3. The third kappa shape index (κ3) is 1.93. The SMILES string of the molecule is Cc1ccc(N)cc1-n1ccn2nc(-c3cnccn3)cc12. The minimum absolute atomic E-state index is 0.737. The lowest BCUT2D eigenvalue weighted by molar-refractivity contribution is 0.963. The number of aryl methyl sites for hydroxylation is 1. The molecule has 0 aliphatic carbocycles. The van der Waals surface area contributed by atoms with Crippen LogP contribution in [0.4, 0.5) is 5.69 Å².